The van der Waals surface area contributed by atoms with Crippen molar-refractivity contribution in [3.63, 3.8) is 0 Å². The molecule has 2 heterocycles. The topological polar surface area (TPSA) is 66.7 Å². The first kappa shape index (κ1) is 17.5. The first-order valence-electron chi connectivity index (χ1n) is 8.69. The van der Waals surface area contributed by atoms with Crippen molar-refractivity contribution in [2.75, 3.05) is 26.2 Å². The first-order valence-corrected chi connectivity index (χ1v) is 8.69. The van der Waals surface area contributed by atoms with Crippen molar-refractivity contribution in [1.29, 1.82) is 0 Å². The van der Waals surface area contributed by atoms with Crippen LogP contribution in [0.2, 0.25) is 0 Å². The number of piperidine rings is 1. The lowest BCUT2D eigenvalue weighted by Gasteiger charge is -2.37. The van der Waals surface area contributed by atoms with Gasteiger partial charge >= 0.3 is 0 Å². The largest absolute Gasteiger partial charge is 0.338 e. The Kier molecular flexibility index (Phi) is 5.43. The normalized spacial score (nSPS) is 21.8. The Labute approximate surface area is 146 Å². The van der Waals surface area contributed by atoms with Crippen LogP contribution in [0.25, 0.3) is 6.08 Å². The summed E-state index contributed by atoms with van der Waals surface area (Å²) in [7, 11) is 0. The van der Waals surface area contributed by atoms with E-state index < -0.39 is 10.7 Å². The third-order valence-electron chi connectivity index (χ3n) is 4.96. The Morgan fingerprint density at radius 1 is 1.24 bits per heavy atom. The minimum absolute atomic E-state index is 0.150. The lowest BCUT2D eigenvalue weighted by molar-refractivity contribution is -0.385. The van der Waals surface area contributed by atoms with E-state index in [4.69, 9.17) is 0 Å². The fourth-order valence-electron chi connectivity index (χ4n) is 3.64. The molecule has 3 rings (SSSR count). The van der Waals surface area contributed by atoms with Crippen LogP contribution in [0.1, 0.15) is 31.2 Å². The van der Waals surface area contributed by atoms with E-state index in [1.165, 1.54) is 31.1 Å². The molecule has 0 radical (unpaired) electrons. The highest BCUT2D eigenvalue weighted by Crippen LogP contribution is 2.23. The molecule has 2 fully saturated rings. The van der Waals surface area contributed by atoms with Gasteiger partial charge in [0.2, 0.25) is 5.91 Å². The summed E-state index contributed by atoms with van der Waals surface area (Å²) in [5.41, 5.74) is -0.106. The van der Waals surface area contributed by atoms with Crippen molar-refractivity contribution >= 4 is 17.7 Å². The molecule has 2 saturated heterocycles. The first-order chi connectivity index (χ1) is 12.0. The van der Waals surface area contributed by atoms with Gasteiger partial charge in [-0.05, 0) is 57.0 Å². The van der Waals surface area contributed by atoms with Gasteiger partial charge in [0, 0.05) is 25.2 Å². The standard InChI is InChI=1S/C18H22FN3O3/c19-15-7-5-14(17(12-15)22(24)25)6-8-18(23)21-11-3-4-16(13-21)20-9-1-2-10-20/h5-8,12,16H,1-4,9-11,13H2/b8-6-/t16-/m1/s1. The zero-order valence-electron chi connectivity index (χ0n) is 14.1. The van der Waals surface area contributed by atoms with E-state index in [1.54, 1.807) is 4.90 Å². The predicted octanol–water partition coefficient (Wildman–Crippen LogP) is 2.83. The Morgan fingerprint density at radius 3 is 2.72 bits per heavy atom. The molecule has 134 valence electrons. The fraction of sp³-hybridized carbons (Fsp3) is 0.500. The molecule has 1 aromatic carbocycles. The molecule has 0 saturated carbocycles. The van der Waals surface area contributed by atoms with Crippen molar-refractivity contribution in [2.24, 2.45) is 0 Å². The lowest BCUT2D eigenvalue weighted by Crippen LogP contribution is -2.48. The van der Waals surface area contributed by atoms with Crippen LogP contribution < -0.4 is 0 Å². The molecule has 25 heavy (non-hydrogen) atoms. The number of hydrogen-bond acceptors (Lipinski definition) is 4. The average molecular weight is 347 g/mol. The van der Waals surface area contributed by atoms with Crippen LogP contribution in [0, 0.1) is 15.9 Å². The maximum Gasteiger partial charge on any atom is 0.279 e. The average Bonchev–Trinajstić information content (AvgIpc) is 3.15. The Morgan fingerprint density at radius 2 is 2.00 bits per heavy atom. The predicted molar refractivity (Wildman–Crippen MR) is 92.5 cm³/mol. The van der Waals surface area contributed by atoms with Crippen LogP contribution in [-0.2, 0) is 4.79 Å². The highest BCUT2D eigenvalue weighted by molar-refractivity contribution is 5.92. The highest BCUT2D eigenvalue weighted by atomic mass is 19.1. The lowest BCUT2D eigenvalue weighted by atomic mass is 10.0. The number of nitro groups is 1. The van der Waals surface area contributed by atoms with Crippen molar-refractivity contribution in [1.82, 2.24) is 9.80 Å². The van der Waals surface area contributed by atoms with E-state index in [-0.39, 0.29) is 17.2 Å². The number of hydrogen-bond donors (Lipinski definition) is 0. The van der Waals surface area contributed by atoms with Gasteiger partial charge in [-0.3, -0.25) is 19.8 Å². The number of benzene rings is 1. The summed E-state index contributed by atoms with van der Waals surface area (Å²) >= 11 is 0. The van der Waals surface area contributed by atoms with Gasteiger partial charge in [0.15, 0.2) is 0 Å². The van der Waals surface area contributed by atoms with E-state index in [2.05, 4.69) is 4.90 Å². The third-order valence-corrected chi connectivity index (χ3v) is 4.96. The number of carbonyl (C=O) groups is 1. The third kappa shape index (κ3) is 4.22. The van der Waals surface area contributed by atoms with E-state index in [0.717, 1.165) is 38.1 Å². The zero-order chi connectivity index (χ0) is 17.8. The minimum Gasteiger partial charge on any atom is -0.338 e. The summed E-state index contributed by atoms with van der Waals surface area (Å²) in [6, 6.07) is 3.75. The molecule has 2 aliphatic rings. The van der Waals surface area contributed by atoms with Crippen molar-refractivity contribution < 1.29 is 14.1 Å². The zero-order valence-corrected chi connectivity index (χ0v) is 14.1. The molecule has 1 atom stereocenters. The molecule has 0 bridgehead atoms. The SMILES string of the molecule is O=C(/C=C\c1ccc(F)cc1[N+](=O)[O-])N1CCC[C@@H](N2CCCC2)C1. The number of halogens is 1. The summed E-state index contributed by atoms with van der Waals surface area (Å²) in [6.07, 6.45) is 7.28. The monoisotopic (exact) mass is 347 g/mol. The van der Waals surface area contributed by atoms with Gasteiger partial charge < -0.3 is 4.90 Å². The van der Waals surface area contributed by atoms with Crippen LogP contribution in [-0.4, -0.2) is 52.9 Å². The number of nitrogens with zero attached hydrogens (tertiary/aromatic N) is 3. The van der Waals surface area contributed by atoms with Gasteiger partial charge in [-0.15, -0.1) is 0 Å². The van der Waals surface area contributed by atoms with E-state index in [9.17, 15) is 19.3 Å². The molecule has 0 spiro atoms. The van der Waals surface area contributed by atoms with Gasteiger partial charge in [0.05, 0.1) is 16.6 Å². The number of likely N-dealkylation sites (tertiary alicyclic amines) is 2. The van der Waals surface area contributed by atoms with Gasteiger partial charge in [0.25, 0.3) is 5.69 Å². The number of rotatable bonds is 4. The Bertz CT molecular complexity index is 686. The maximum absolute atomic E-state index is 13.2. The summed E-state index contributed by atoms with van der Waals surface area (Å²) in [5.74, 6) is -0.817. The summed E-state index contributed by atoms with van der Waals surface area (Å²) in [6.45, 7) is 3.61. The molecular weight excluding hydrogens is 325 g/mol. The summed E-state index contributed by atoms with van der Waals surface area (Å²) in [4.78, 5) is 27.1. The molecule has 1 amide bonds. The molecule has 2 aliphatic heterocycles. The molecule has 6 nitrogen and oxygen atoms in total. The van der Waals surface area contributed by atoms with E-state index in [0.29, 0.717) is 19.1 Å². The van der Waals surface area contributed by atoms with Crippen LogP contribution in [0.3, 0.4) is 0 Å². The van der Waals surface area contributed by atoms with Gasteiger partial charge in [0.1, 0.15) is 5.82 Å². The number of nitro benzene ring substituents is 1. The summed E-state index contributed by atoms with van der Waals surface area (Å²) in [5, 5.41) is 11.0. The molecule has 0 aliphatic carbocycles. The Balaban J connectivity index is 1.67. The summed E-state index contributed by atoms with van der Waals surface area (Å²) < 4.78 is 13.2. The molecule has 0 unspecified atom stereocenters. The van der Waals surface area contributed by atoms with Crippen LogP contribution in [0.15, 0.2) is 24.3 Å². The van der Waals surface area contributed by atoms with Crippen LogP contribution in [0.4, 0.5) is 10.1 Å². The second-order valence-corrected chi connectivity index (χ2v) is 6.62. The quantitative estimate of drug-likeness (QED) is 0.477. The van der Waals surface area contributed by atoms with Crippen molar-refractivity contribution in [3.05, 3.63) is 45.8 Å². The minimum atomic E-state index is -0.667. The van der Waals surface area contributed by atoms with E-state index >= 15 is 0 Å². The van der Waals surface area contributed by atoms with Crippen LogP contribution in [0.5, 0.6) is 0 Å². The molecule has 0 N–H and O–H groups in total. The van der Waals surface area contributed by atoms with Crippen molar-refractivity contribution in [2.45, 2.75) is 31.7 Å². The van der Waals surface area contributed by atoms with E-state index in [1.807, 2.05) is 0 Å². The van der Waals surface area contributed by atoms with Crippen molar-refractivity contribution in [3.8, 4) is 0 Å². The molecule has 7 heteroatoms. The van der Waals surface area contributed by atoms with Crippen LogP contribution >= 0.6 is 0 Å². The Hall–Kier alpha value is -2.28. The number of carbonyl (C=O) groups excluding carboxylic acids is 1. The van der Waals surface area contributed by atoms with Gasteiger partial charge in [-0.1, -0.05) is 0 Å². The molecular formula is C18H22FN3O3. The maximum atomic E-state index is 13.2. The fourth-order valence-corrected chi connectivity index (χ4v) is 3.64. The van der Waals surface area contributed by atoms with Gasteiger partial charge in [-0.25, -0.2) is 4.39 Å². The second kappa shape index (κ2) is 7.74. The molecule has 1 aromatic rings. The molecule has 0 aromatic heterocycles. The van der Waals surface area contributed by atoms with Gasteiger partial charge in [-0.2, -0.15) is 0 Å². The second-order valence-electron chi connectivity index (χ2n) is 6.62. The number of amides is 1. The highest BCUT2D eigenvalue weighted by Gasteiger charge is 2.28. The smallest absolute Gasteiger partial charge is 0.279 e.